The van der Waals surface area contributed by atoms with Crippen LogP contribution in [-0.4, -0.2) is 57.3 Å². The Hall–Kier alpha value is -3.62. The number of anilines is 1. The summed E-state index contributed by atoms with van der Waals surface area (Å²) in [6.45, 7) is 4.01. The second kappa shape index (κ2) is 6.22. The second-order valence-electron chi connectivity index (χ2n) is 6.92. The van der Waals surface area contributed by atoms with E-state index in [0.717, 1.165) is 0 Å². The standard InChI is InChI=1S/C19H18N4O5/c1-2-11-12-7-8-22(15-13(12)23(17(15)25)14(11)18(26)27)19(28)21-10-5-3-9(4-6-10)16(20)24/h2-6,12-13,15H,1,7-8H2,(H2,20,24)(H,21,28)(H,26,27)/t12?,13-,15+/m1/s1. The number of benzene rings is 1. The van der Waals surface area contributed by atoms with Crippen molar-refractivity contribution in [1.29, 1.82) is 0 Å². The van der Waals surface area contributed by atoms with Gasteiger partial charge in [0, 0.05) is 23.7 Å². The van der Waals surface area contributed by atoms with Crippen LogP contribution in [0.5, 0.6) is 0 Å². The summed E-state index contributed by atoms with van der Waals surface area (Å²) in [5.41, 5.74) is 6.50. The van der Waals surface area contributed by atoms with Gasteiger partial charge >= 0.3 is 12.0 Å². The quantitative estimate of drug-likeness (QED) is 0.661. The summed E-state index contributed by atoms with van der Waals surface area (Å²) in [6.07, 6.45) is 2.03. The molecular formula is C19H18N4O5. The van der Waals surface area contributed by atoms with Gasteiger partial charge in [-0.25, -0.2) is 9.59 Å². The van der Waals surface area contributed by atoms with Crippen LogP contribution in [-0.2, 0) is 9.59 Å². The number of piperidine rings is 1. The third kappa shape index (κ3) is 2.39. The molecule has 4 rings (SSSR count). The zero-order valence-electron chi connectivity index (χ0n) is 14.8. The summed E-state index contributed by atoms with van der Waals surface area (Å²) in [4.78, 5) is 50.8. The van der Waals surface area contributed by atoms with Gasteiger partial charge in [-0.05, 0) is 36.3 Å². The number of hydrogen-bond acceptors (Lipinski definition) is 4. The smallest absolute Gasteiger partial charge is 0.352 e. The first-order chi connectivity index (χ1) is 13.3. The summed E-state index contributed by atoms with van der Waals surface area (Å²) in [6, 6.07) is 4.57. The molecule has 0 radical (unpaired) electrons. The highest BCUT2D eigenvalue weighted by atomic mass is 16.4. The van der Waals surface area contributed by atoms with Crippen LogP contribution in [0.1, 0.15) is 16.8 Å². The van der Waals surface area contributed by atoms with Gasteiger partial charge in [0.25, 0.3) is 5.91 Å². The minimum Gasteiger partial charge on any atom is -0.477 e. The first-order valence-electron chi connectivity index (χ1n) is 8.75. The van der Waals surface area contributed by atoms with Crippen LogP contribution >= 0.6 is 0 Å². The van der Waals surface area contributed by atoms with E-state index >= 15 is 0 Å². The summed E-state index contributed by atoms with van der Waals surface area (Å²) >= 11 is 0. The average Bonchev–Trinajstić information content (AvgIpc) is 3.00. The Kier molecular flexibility index (Phi) is 3.95. The second-order valence-corrected chi connectivity index (χ2v) is 6.92. The Morgan fingerprint density at radius 2 is 1.93 bits per heavy atom. The third-order valence-electron chi connectivity index (χ3n) is 5.56. The van der Waals surface area contributed by atoms with E-state index < -0.39 is 29.9 Å². The molecule has 2 saturated heterocycles. The van der Waals surface area contributed by atoms with Crippen LogP contribution in [0.15, 0.2) is 48.2 Å². The molecule has 3 aliphatic heterocycles. The van der Waals surface area contributed by atoms with Crippen molar-refractivity contribution >= 4 is 29.5 Å². The molecule has 4 N–H and O–H groups in total. The number of carbonyl (C=O) groups excluding carboxylic acids is 3. The number of amides is 4. The fraction of sp³-hybridized carbons (Fsp3) is 0.263. The number of rotatable bonds is 4. The summed E-state index contributed by atoms with van der Waals surface area (Å²) in [5.74, 6) is -2.27. The van der Waals surface area contributed by atoms with Gasteiger partial charge in [0.05, 0.1) is 6.04 Å². The van der Waals surface area contributed by atoms with Gasteiger partial charge in [-0.2, -0.15) is 0 Å². The van der Waals surface area contributed by atoms with Crippen LogP contribution in [0.25, 0.3) is 0 Å². The zero-order valence-corrected chi connectivity index (χ0v) is 14.8. The van der Waals surface area contributed by atoms with E-state index in [4.69, 9.17) is 5.73 Å². The molecule has 1 aromatic rings. The van der Waals surface area contributed by atoms with E-state index in [1.165, 1.54) is 28.0 Å². The van der Waals surface area contributed by atoms with Gasteiger partial charge in [-0.1, -0.05) is 12.7 Å². The number of allylic oxidation sites excluding steroid dienone is 1. The summed E-state index contributed by atoms with van der Waals surface area (Å²) in [7, 11) is 0. The van der Waals surface area contributed by atoms with Crippen molar-refractivity contribution in [3.8, 4) is 0 Å². The molecule has 9 nitrogen and oxygen atoms in total. The van der Waals surface area contributed by atoms with E-state index in [2.05, 4.69) is 11.9 Å². The lowest BCUT2D eigenvalue weighted by Crippen LogP contribution is -2.74. The molecular weight excluding hydrogens is 364 g/mol. The number of β-lactam (4-membered cyclic amide) rings is 1. The highest BCUT2D eigenvalue weighted by Gasteiger charge is 2.63. The van der Waals surface area contributed by atoms with E-state index in [9.17, 15) is 24.3 Å². The van der Waals surface area contributed by atoms with Gasteiger partial charge < -0.3 is 21.1 Å². The molecule has 4 amide bonds. The van der Waals surface area contributed by atoms with E-state index in [0.29, 0.717) is 29.8 Å². The van der Waals surface area contributed by atoms with Crippen LogP contribution in [0.3, 0.4) is 0 Å². The predicted octanol–water partition coefficient (Wildman–Crippen LogP) is 0.757. The first-order valence-corrected chi connectivity index (χ1v) is 8.75. The maximum atomic E-state index is 12.7. The molecule has 9 heteroatoms. The van der Waals surface area contributed by atoms with Gasteiger partial charge in [-0.3, -0.25) is 14.5 Å². The van der Waals surface area contributed by atoms with Crippen LogP contribution in [0.4, 0.5) is 10.5 Å². The molecule has 3 heterocycles. The van der Waals surface area contributed by atoms with Crippen LogP contribution < -0.4 is 11.1 Å². The minimum absolute atomic E-state index is 0.0319. The molecule has 28 heavy (non-hydrogen) atoms. The molecule has 0 aromatic heterocycles. The number of nitrogens with zero attached hydrogens (tertiary/aromatic N) is 2. The molecule has 1 aromatic carbocycles. The Labute approximate surface area is 160 Å². The zero-order chi connectivity index (χ0) is 20.2. The number of likely N-dealkylation sites (tertiary alicyclic amines) is 1. The van der Waals surface area contributed by atoms with Crippen molar-refractivity contribution in [1.82, 2.24) is 9.80 Å². The number of primary amides is 1. The Morgan fingerprint density at radius 1 is 1.25 bits per heavy atom. The normalized spacial score (nSPS) is 25.1. The number of aliphatic carboxylic acids is 1. The van der Waals surface area contributed by atoms with Crippen LogP contribution in [0.2, 0.25) is 0 Å². The molecule has 3 aliphatic rings. The topological polar surface area (TPSA) is 133 Å². The molecule has 0 bridgehead atoms. The number of hydrogen-bond donors (Lipinski definition) is 3. The Balaban J connectivity index is 1.53. The maximum Gasteiger partial charge on any atom is 0.352 e. The molecule has 1 unspecified atom stereocenters. The molecule has 0 aliphatic carbocycles. The van der Waals surface area contributed by atoms with Crippen molar-refractivity contribution in [3.63, 3.8) is 0 Å². The fourth-order valence-corrected chi connectivity index (χ4v) is 4.33. The SMILES string of the molecule is C=CC1=C(C(=O)O)N2C(=O)[C@@H]3[C@H]2C1CCN3C(=O)Nc1ccc(C(N)=O)cc1. The number of carboxylic acid groups (broad SMARTS) is 1. The lowest BCUT2D eigenvalue weighted by atomic mass is 9.78. The molecule has 144 valence electrons. The predicted molar refractivity (Wildman–Crippen MR) is 98.1 cm³/mol. The largest absolute Gasteiger partial charge is 0.477 e. The van der Waals surface area contributed by atoms with Gasteiger partial charge in [0.2, 0.25) is 5.91 Å². The van der Waals surface area contributed by atoms with Crippen molar-refractivity contribution in [2.24, 2.45) is 11.7 Å². The lowest BCUT2D eigenvalue weighted by Gasteiger charge is -2.53. The van der Waals surface area contributed by atoms with Gasteiger partial charge in [0.1, 0.15) is 11.7 Å². The van der Waals surface area contributed by atoms with E-state index in [1.54, 1.807) is 12.1 Å². The number of carboxylic acids is 1. The lowest BCUT2D eigenvalue weighted by molar-refractivity contribution is -0.160. The van der Waals surface area contributed by atoms with Crippen molar-refractivity contribution in [2.45, 2.75) is 18.5 Å². The number of urea groups is 1. The van der Waals surface area contributed by atoms with Crippen molar-refractivity contribution in [2.75, 3.05) is 11.9 Å². The van der Waals surface area contributed by atoms with Gasteiger partial charge in [0.15, 0.2) is 0 Å². The highest BCUT2D eigenvalue weighted by molar-refractivity contribution is 6.04. The molecule has 0 spiro atoms. The Morgan fingerprint density at radius 3 is 2.50 bits per heavy atom. The van der Waals surface area contributed by atoms with E-state index in [1.807, 2.05) is 0 Å². The van der Waals surface area contributed by atoms with Crippen LogP contribution in [0, 0.1) is 5.92 Å². The first kappa shape index (κ1) is 17.8. The minimum atomic E-state index is -1.17. The molecule has 0 saturated carbocycles. The number of nitrogens with one attached hydrogen (secondary N) is 1. The summed E-state index contributed by atoms with van der Waals surface area (Å²) < 4.78 is 0. The number of carbonyl (C=O) groups is 4. The van der Waals surface area contributed by atoms with Crippen molar-refractivity contribution < 1.29 is 24.3 Å². The maximum absolute atomic E-state index is 12.7. The van der Waals surface area contributed by atoms with E-state index in [-0.39, 0.29) is 17.7 Å². The molecule has 3 atom stereocenters. The average molecular weight is 382 g/mol. The Bertz CT molecular complexity index is 952. The van der Waals surface area contributed by atoms with Gasteiger partial charge in [-0.15, -0.1) is 0 Å². The highest BCUT2D eigenvalue weighted by Crippen LogP contribution is 2.49. The summed E-state index contributed by atoms with van der Waals surface area (Å²) in [5, 5.41) is 12.2. The third-order valence-corrected chi connectivity index (χ3v) is 5.56. The fourth-order valence-electron chi connectivity index (χ4n) is 4.33. The number of nitrogens with two attached hydrogens (primary N) is 1. The van der Waals surface area contributed by atoms with Crippen molar-refractivity contribution in [3.05, 3.63) is 53.8 Å². The monoisotopic (exact) mass is 382 g/mol. The molecule has 2 fully saturated rings.